The Hall–Kier alpha value is -1.65. The van der Waals surface area contributed by atoms with Crippen molar-refractivity contribution < 1.29 is 68.0 Å². The van der Waals surface area contributed by atoms with Crippen molar-refractivity contribution >= 4 is 12.0 Å². The molecule has 9 heteroatoms. The molecule has 2 aromatic rings. The van der Waals surface area contributed by atoms with E-state index in [9.17, 15) is 29.6 Å². The van der Waals surface area contributed by atoms with Crippen molar-refractivity contribution in [3.05, 3.63) is 58.7 Å². The molecule has 3 N–H and O–H groups in total. The molecule has 1 aromatic heterocycles. The number of ether oxygens (including phenoxy) is 1. The normalized spacial score (nSPS) is 15.7. The van der Waals surface area contributed by atoms with Crippen LogP contribution in [-0.4, -0.2) is 52.1 Å². The number of carboxylic acids is 1. The second-order valence-electron chi connectivity index (χ2n) is 8.58. The molecule has 0 radical (unpaired) electrons. The number of carbonyl (C=O) groups excluding carboxylic acids is 1. The largest absolute Gasteiger partial charge is 1.00 e. The number of methoxy groups -OCH3 is 1. The summed E-state index contributed by atoms with van der Waals surface area (Å²) in [6, 6.07) is 5.57. The van der Waals surface area contributed by atoms with Gasteiger partial charge in [-0.1, -0.05) is 45.1 Å². The standard InChI is InChI=1S/C26H34FNO6.Na/c1-15(2)25-21(10-9-19(30)11-20(31)12-23(32)33)24(17-5-7-18(27)8-6-17)22(14-34-4)26(28-25)16(3)13-29;/h5-10,15-16,19-20,29-31H,11-14H2,1-4H3,(H,32,33);/q;+1/p-1/b10-9+;/t16?,19-,20-;/m1./s1/i4D3;. The summed E-state index contributed by atoms with van der Waals surface area (Å²) >= 11 is 0. The fraction of sp³-hybridized carbons (Fsp3) is 0.462. The van der Waals surface area contributed by atoms with Crippen LogP contribution < -0.4 is 34.7 Å². The minimum Gasteiger partial charge on any atom is -0.550 e. The molecule has 0 fully saturated rings. The Morgan fingerprint density at radius 3 is 2.43 bits per heavy atom. The minimum atomic E-state index is -2.71. The molecule has 0 aliphatic rings. The van der Waals surface area contributed by atoms with Crippen molar-refractivity contribution in [1.82, 2.24) is 4.98 Å². The molecule has 2 rings (SSSR count). The molecule has 35 heavy (non-hydrogen) atoms. The van der Waals surface area contributed by atoms with Gasteiger partial charge in [0.2, 0.25) is 0 Å². The second kappa shape index (κ2) is 14.8. The number of benzene rings is 1. The minimum absolute atomic E-state index is 0. The second-order valence-corrected chi connectivity index (χ2v) is 8.58. The van der Waals surface area contributed by atoms with Crippen molar-refractivity contribution in [2.24, 2.45) is 0 Å². The maximum Gasteiger partial charge on any atom is 1.00 e. The first-order valence-electron chi connectivity index (χ1n) is 12.5. The predicted octanol–water partition coefficient (Wildman–Crippen LogP) is -0.478. The van der Waals surface area contributed by atoms with Crippen molar-refractivity contribution in [1.29, 1.82) is 0 Å². The fourth-order valence-electron chi connectivity index (χ4n) is 3.78. The zero-order chi connectivity index (χ0) is 27.9. The van der Waals surface area contributed by atoms with Crippen LogP contribution in [0.2, 0.25) is 0 Å². The summed E-state index contributed by atoms with van der Waals surface area (Å²) in [4.78, 5) is 15.5. The number of hydrogen-bond acceptors (Lipinski definition) is 7. The van der Waals surface area contributed by atoms with E-state index in [4.69, 9.17) is 13.8 Å². The van der Waals surface area contributed by atoms with E-state index in [0.29, 0.717) is 33.6 Å². The first-order valence-corrected chi connectivity index (χ1v) is 11.0. The van der Waals surface area contributed by atoms with Crippen LogP contribution in [0.4, 0.5) is 4.39 Å². The van der Waals surface area contributed by atoms with Gasteiger partial charge in [0, 0.05) is 42.9 Å². The van der Waals surface area contributed by atoms with Crippen LogP contribution in [0, 0.1) is 5.82 Å². The number of aliphatic carboxylic acids is 1. The molecule has 0 saturated heterocycles. The van der Waals surface area contributed by atoms with Gasteiger partial charge in [0.1, 0.15) is 5.82 Å². The van der Waals surface area contributed by atoms with E-state index in [2.05, 4.69) is 0 Å². The van der Waals surface area contributed by atoms with E-state index >= 15 is 0 Å². The number of rotatable bonds is 12. The van der Waals surface area contributed by atoms with Gasteiger partial charge in [-0.2, -0.15) is 0 Å². The maximum absolute atomic E-state index is 13.8. The quantitative estimate of drug-likeness (QED) is 0.337. The average molecular weight is 501 g/mol. The summed E-state index contributed by atoms with van der Waals surface area (Å²) in [5, 5.41) is 40.9. The maximum atomic E-state index is 13.8. The number of pyridine rings is 1. The van der Waals surface area contributed by atoms with E-state index in [1.807, 2.05) is 13.8 Å². The Bertz CT molecular complexity index is 1100. The van der Waals surface area contributed by atoms with Crippen molar-refractivity contribution in [3.8, 4) is 11.1 Å². The molecule has 0 spiro atoms. The Morgan fingerprint density at radius 1 is 1.23 bits per heavy atom. The summed E-state index contributed by atoms with van der Waals surface area (Å²) < 4.78 is 41.4. The Balaban J connectivity index is 0.00000722. The Morgan fingerprint density at radius 2 is 1.89 bits per heavy atom. The summed E-state index contributed by atoms with van der Waals surface area (Å²) in [5.74, 6) is -2.54. The number of aliphatic hydroxyl groups is 3. The summed E-state index contributed by atoms with van der Waals surface area (Å²) in [5.41, 5.74) is 2.93. The average Bonchev–Trinajstić information content (AvgIpc) is 2.79. The van der Waals surface area contributed by atoms with Gasteiger partial charge in [-0.25, -0.2) is 4.39 Å². The third-order valence-electron chi connectivity index (χ3n) is 5.43. The van der Waals surface area contributed by atoms with Crippen LogP contribution >= 0.6 is 0 Å². The monoisotopic (exact) mass is 500 g/mol. The van der Waals surface area contributed by atoms with Gasteiger partial charge in [-0.3, -0.25) is 4.98 Å². The van der Waals surface area contributed by atoms with E-state index in [0.717, 1.165) is 0 Å². The number of hydrogen-bond donors (Lipinski definition) is 3. The van der Waals surface area contributed by atoms with Crippen molar-refractivity contribution in [3.63, 3.8) is 0 Å². The zero-order valence-corrected chi connectivity index (χ0v) is 22.5. The van der Waals surface area contributed by atoms with Gasteiger partial charge < -0.3 is 30.0 Å². The number of halogens is 1. The first kappa shape index (κ1) is 26.4. The van der Waals surface area contributed by atoms with Gasteiger partial charge in [-0.15, -0.1) is 0 Å². The molecule has 1 heterocycles. The molecule has 3 atom stereocenters. The van der Waals surface area contributed by atoms with Gasteiger partial charge >= 0.3 is 29.6 Å². The Labute approximate surface area is 232 Å². The van der Waals surface area contributed by atoms with E-state index in [1.165, 1.54) is 30.3 Å². The first-order chi connectivity index (χ1) is 17.2. The molecule has 0 aliphatic heterocycles. The number of nitrogens with zero attached hydrogens (tertiary/aromatic N) is 1. The summed E-state index contributed by atoms with van der Waals surface area (Å²) in [6.45, 7) is 4.87. The molecule has 1 aromatic carbocycles. The number of aliphatic hydroxyl groups excluding tert-OH is 3. The molecule has 0 aliphatic carbocycles. The van der Waals surface area contributed by atoms with Crippen LogP contribution in [0.5, 0.6) is 0 Å². The van der Waals surface area contributed by atoms with Gasteiger partial charge in [0.15, 0.2) is 0 Å². The zero-order valence-electron chi connectivity index (χ0n) is 23.5. The van der Waals surface area contributed by atoms with Crippen LogP contribution in [0.25, 0.3) is 17.2 Å². The Kier molecular flexibility index (Phi) is 11.2. The molecule has 0 saturated carbocycles. The number of aromatic nitrogens is 1. The molecular formula is C26H33FNNaO6. The number of carbonyl (C=O) groups is 1. The van der Waals surface area contributed by atoms with Crippen molar-refractivity contribution in [2.45, 2.75) is 64.3 Å². The van der Waals surface area contributed by atoms with Crippen molar-refractivity contribution in [2.75, 3.05) is 13.6 Å². The van der Waals surface area contributed by atoms with E-state index in [1.54, 1.807) is 13.0 Å². The fourth-order valence-corrected chi connectivity index (χ4v) is 3.78. The molecule has 0 bridgehead atoms. The topological polar surface area (TPSA) is 123 Å². The van der Waals surface area contributed by atoms with E-state index < -0.39 is 43.4 Å². The third kappa shape index (κ3) is 8.75. The molecule has 7 nitrogen and oxygen atoms in total. The summed E-state index contributed by atoms with van der Waals surface area (Å²) in [7, 11) is -2.71. The number of carboxylic acid groups (broad SMARTS) is 1. The molecular weight excluding hydrogens is 464 g/mol. The van der Waals surface area contributed by atoms with Crippen LogP contribution in [0.1, 0.15) is 72.1 Å². The van der Waals surface area contributed by atoms with Gasteiger partial charge in [0.05, 0.1) is 40.9 Å². The SMILES string of the molecule is [2H]C([2H])([2H])OCc1c(C(C)CO)nc(C(C)C)c(/C=C/[C@@H](O)C[C@@H](O)CC(=O)[O-])c1-c1ccc(F)cc1.[Na+]. The van der Waals surface area contributed by atoms with Gasteiger partial charge in [-0.05, 0) is 29.2 Å². The predicted molar refractivity (Wildman–Crippen MR) is 125 cm³/mol. The smallest absolute Gasteiger partial charge is 0.550 e. The molecule has 186 valence electrons. The van der Waals surface area contributed by atoms with Crippen LogP contribution in [0.3, 0.4) is 0 Å². The van der Waals surface area contributed by atoms with E-state index in [-0.39, 0.29) is 55.1 Å². The van der Waals surface area contributed by atoms with Crippen LogP contribution in [-0.2, 0) is 16.1 Å². The molecule has 0 amide bonds. The summed E-state index contributed by atoms with van der Waals surface area (Å²) in [6.07, 6.45) is -0.486. The van der Waals surface area contributed by atoms with Crippen LogP contribution in [0.15, 0.2) is 30.3 Å². The van der Waals surface area contributed by atoms with Gasteiger partial charge in [0.25, 0.3) is 0 Å². The third-order valence-corrected chi connectivity index (χ3v) is 5.43. The molecule has 1 unspecified atom stereocenters.